The van der Waals surface area contributed by atoms with Crippen molar-refractivity contribution in [2.45, 2.75) is 30.7 Å². The third-order valence-corrected chi connectivity index (χ3v) is 6.23. The Bertz CT molecular complexity index is 1070. The molecule has 1 heterocycles. The van der Waals surface area contributed by atoms with Crippen LogP contribution in [0.4, 0.5) is 8.78 Å². The largest absolute Gasteiger partial charge is 0.382 e. The van der Waals surface area contributed by atoms with Crippen LogP contribution in [0.3, 0.4) is 0 Å². The number of hydrogen-bond acceptors (Lipinski definition) is 5. The monoisotopic (exact) mass is 444 g/mol. The second-order valence-electron chi connectivity index (χ2n) is 7.22. The molecular formula is C19H19ClF2N2O4S. The van der Waals surface area contributed by atoms with Crippen LogP contribution >= 0.6 is 11.6 Å². The van der Waals surface area contributed by atoms with Crippen LogP contribution in [0.5, 0.6) is 0 Å². The molecule has 3 rings (SSSR count). The van der Waals surface area contributed by atoms with Crippen molar-refractivity contribution >= 4 is 27.3 Å². The number of carbonyl (C=O) groups excluding carboxylic acids is 1. The summed E-state index contributed by atoms with van der Waals surface area (Å²) in [5, 5.41) is 13.4. The molecule has 2 aromatic rings. The SMILES string of the molecule is CS(=O)(=O)CC1(O)CCC(F)(C(=O)NCc2ccc(F)cc2Cl)c2cccnc21. The standard InChI is InChI=1S/C19H19ClF2N2O4S/c1-29(27,28)11-18(26)6-7-19(22,14-3-2-8-23-16(14)18)17(25)24-10-12-4-5-13(21)9-15(12)20/h2-5,8-9,26H,6-7,10-11H2,1H3,(H,24,25). The Hall–Kier alpha value is -2.10. The van der Waals surface area contributed by atoms with Crippen molar-refractivity contribution in [1.29, 1.82) is 0 Å². The van der Waals surface area contributed by atoms with E-state index in [2.05, 4.69) is 10.3 Å². The molecule has 0 aliphatic heterocycles. The number of pyridine rings is 1. The van der Waals surface area contributed by atoms with Crippen LogP contribution in [0.15, 0.2) is 36.5 Å². The number of aliphatic hydroxyl groups is 1. The number of amides is 1. The van der Waals surface area contributed by atoms with Crippen LogP contribution < -0.4 is 5.32 Å². The fraction of sp³-hybridized carbons (Fsp3) is 0.368. The van der Waals surface area contributed by atoms with Gasteiger partial charge in [0, 0.05) is 29.6 Å². The van der Waals surface area contributed by atoms with Gasteiger partial charge >= 0.3 is 0 Å². The highest BCUT2D eigenvalue weighted by Gasteiger charge is 2.52. The fourth-order valence-electron chi connectivity index (χ4n) is 3.52. The molecule has 156 valence electrons. The number of aromatic nitrogens is 1. The minimum atomic E-state index is -3.60. The van der Waals surface area contributed by atoms with Gasteiger partial charge in [-0.05, 0) is 36.6 Å². The van der Waals surface area contributed by atoms with E-state index in [0.29, 0.717) is 5.56 Å². The average Bonchev–Trinajstić information content (AvgIpc) is 2.63. The number of alkyl halides is 1. The Kier molecular flexibility index (Phi) is 5.68. The molecule has 0 fully saturated rings. The molecular weight excluding hydrogens is 426 g/mol. The summed E-state index contributed by atoms with van der Waals surface area (Å²) in [5.41, 5.74) is -4.35. The van der Waals surface area contributed by atoms with E-state index in [4.69, 9.17) is 11.6 Å². The summed E-state index contributed by atoms with van der Waals surface area (Å²) in [4.78, 5) is 16.7. The normalized spacial score (nSPS) is 24.0. The Morgan fingerprint density at radius 1 is 1.34 bits per heavy atom. The van der Waals surface area contributed by atoms with Gasteiger partial charge in [-0.2, -0.15) is 0 Å². The fourth-order valence-corrected chi connectivity index (χ4v) is 4.90. The molecule has 0 saturated carbocycles. The predicted molar refractivity (Wildman–Crippen MR) is 103 cm³/mol. The highest BCUT2D eigenvalue weighted by Crippen LogP contribution is 2.45. The average molecular weight is 445 g/mol. The first-order valence-electron chi connectivity index (χ1n) is 8.72. The van der Waals surface area contributed by atoms with E-state index in [-0.39, 0.29) is 29.2 Å². The van der Waals surface area contributed by atoms with E-state index in [0.717, 1.165) is 12.3 Å². The minimum Gasteiger partial charge on any atom is -0.382 e. The van der Waals surface area contributed by atoms with Crippen molar-refractivity contribution < 1.29 is 27.1 Å². The highest BCUT2D eigenvalue weighted by atomic mass is 35.5. The number of benzene rings is 1. The molecule has 2 unspecified atom stereocenters. The van der Waals surface area contributed by atoms with Gasteiger partial charge in [0.25, 0.3) is 5.91 Å². The van der Waals surface area contributed by atoms with Crippen molar-refractivity contribution in [1.82, 2.24) is 10.3 Å². The number of nitrogens with one attached hydrogen (secondary N) is 1. The molecule has 1 amide bonds. The number of rotatable bonds is 5. The van der Waals surface area contributed by atoms with E-state index in [9.17, 15) is 22.7 Å². The van der Waals surface area contributed by atoms with Gasteiger partial charge in [-0.1, -0.05) is 23.7 Å². The van der Waals surface area contributed by atoms with Crippen molar-refractivity contribution in [2.75, 3.05) is 12.0 Å². The zero-order chi connectivity index (χ0) is 21.4. The van der Waals surface area contributed by atoms with Crippen LogP contribution in [0.25, 0.3) is 0 Å². The molecule has 0 bridgehead atoms. The lowest BCUT2D eigenvalue weighted by Gasteiger charge is -2.39. The van der Waals surface area contributed by atoms with Crippen molar-refractivity contribution in [3.63, 3.8) is 0 Å². The lowest BCUT2D eigenvalue weighted by Crippen LogP contribution is -2.49. The molecule has 2 N–H and O–H groups in total. The molecule has 1 aromatic carbocycles. The Morgan fingerprint density at radius 2 is 2.07 bits per heavy atom. The summed E-state index contributed by atoms with van der Waals surface area (Å²) in [5.74, 6) is -2.15. The summed E-state index contributed by atoms with van der Waals surface area (Å²) in [7, 11) is -3.60. The molecule has 2 atom stereocenters. The van der Waals surface area contributed by atoms with Gasteiger partial charge in [0.15, 0.2) is 9.84 Å². The van der Waals surface area contributed by atoms with Gasteiger partial charge < -0.3 is 10.4 Å². The van der Waals surface area contributed by atoms with Crippen LogP contribution in [0.2, 0.25) is 5.02 Å². The van der Waals surface area contributed by atoms with Crippen LogP contribution in [0, 0.1) is 5.82 Å². The Balaban J connectivity index is 1.89. The zero-order valence-corrected chi connectivity index (χ0v) is 17.0. The van der Waals surface area contributed by atoms with Gasteiger partial charge in [0.2, 0.25) is 5.67 Å². The first-order valence-corrected chi connectivity index (χ1v) is 11.2. The van der Waals surface area contributed by atoms with E-state index in [1.165, 1.54) is 30.5 Å². The summed E-state index contributed by atoms with van der Waals surface area (Å²) in [6.45, 7) is -0.132. The van der Waals surface area contributed by atoms with Crippen molar-refractivity contribution in [3.05, 3.63) is 64.2 Å². The summed E-state index contributed by atoms with van der Waals surface area (Å²) in [6, 6.07) is 6.34. The summed E-state index contributed by atoms with van der Waals surface area (Å²) in [6.07, 6.45) is 1.53. The number of nitrogens with zero attached hydrogens (tertiary/aromatic N) is 1. The Morgan fingerprint density at radius 3 is 2.72 bits per heavy atom. The second kappa shape index (κ2) is 7.62. The second-order valence-corrected chi connectivity index (χ2v) is 9.77. The van der Waals surface area contributed by atoms with Gasteiger partial charge in [-0.15, -0.1) is 0 Å². The smallest absolute Gasteiger partial charge is 0.262 e. The topological polar surface area (TPSA) is 96.4 Å². The quantitative estimate of drug-likeness (QED) is 0.738. The molecule has 0 radical (unpaired) electrons. The maximum atomic E-state index is 15.8. The van der Waals surface area contributed by atoms with E-state index in [1.54, 1.807) is 0 Å². The lowest BCUT2D eigenvalue weighted by molar-refractivity contribution is -0.136. The van der Waals surface area contributed by atoms with Gasteiger partial charge in [-0.3, -0.25) is 9.78 Å². The first-order chi connectivity index (χ1) is 13.4. The van der Waals surface area contributed by atoms with Crippen molar-refractivity contribution in [3.8, 4) is 0 Å². The maximum Gasteiger partial charge on any atom is 0.262 e. The third kappa shape index (κ3) is 4.41. The lowest BCUT2D eigenvalue weighted by atomic mass is 9.75. The van der Waals surface area contributed by atoms with E-state index in [1.807, 2.05) is 0 Å². The first kappa shape index (κ1) is 21.6. The van der Waals surface area contributed by atoms with Crippen LogP contribution in [-0.4, -0.2) is 36.4 Å². The Labute approximate surface area is 171 Å². The van der Waals surface area contributed by atoms with Crippen LogP contribution in [-0.2, 0) is 32.4 Å². The number of fused-ring (bicyclic) bond motifs is 1. The number of halogens is 3. The number of sulfone groups is 1. The van der Waals surface area contributed by atoms with E-state index < -0.39 is 45.0 Å². The molecule has 1 aliphatic carbocycles. The van der Waals surface area contributed by atoms with E-state index >= 15 is 4.39 Å². The van der Waals surface area contributed by atoms with Crippen molar-refractivity contribution in [2.24, 2.45) is 0 Å². The third-order valence-electron chi connectivity index (χ3n) is 4.87. The highest BCUT2D eigenvalue weighted by molar-refractivity contribution is 7.90. The predicted octanol–water partition coefficient (Wildman–Crippen LogP) is 2.38. The molecule has 0 saturated heterocycles. The van der Waals surface area contributed by atoms with Gasteiger partial charge in [0.05, 0.1) is 11.4 Å². The number of carbonyl (C=O) groups is 1. The van der Waals surface area contributed by atoms with Crippen LogP contribution in [0.1, 0.15) is 29.7 Å². The maximum absolute atomic E-state index is 15.8. The summed E-state index contributed by atoms with van der Waals surface area (Å²) < 4.78 is 52.4. The minimum absolute atomic E-state index is 0.0893. The van der Waals surface area contributed by atoms with Gasteiger partial charge in [0.1, 0.15) is 11.4 Å². The summed E-state index contributed by atoms with van der Waals surface area (Å²) >= 11 is 5.93. The molecule has 29 heavy (non-hydrogen) atoms. The molecule has 1 aromatic heterocycles. The molecule has 1 aliphatic rings. The zero-order valence-electron chi connectivity index (χ0n) is 15.5. The molecule has 10 heteroatoms. The molecule has 6 nitrogen and oxygen atoms in total. The van der Waals surface area contributed by atoms with Gasteiger partial charge in [-0.25, -0.2) is 17.2 Å². The molecule has 0 spiro atoms. The number of hydrogen-bond donors (Lipinski definition) is 2.